The number of thiol groups is 1. The third-order valence-electron chi connectivity index (χ3n) is 1.81. The van der Waals surface area contributed by atoms with Gasteiger partial charge in [-0.3, -0.25) is 0 Å². The van der Waals surface area contributed by atoms with Crippen LogP contribution >= 0.6 is 12.6 Å². The summed E-state index contributed by atoms with van der Waals surface area (Å²) in [5, 5.41) is 0. The summed E-state index contributed by atoms with van der Waals surface area (Å²) in [6.45, 7) is 0.114. The fourth-order valence-electron chi connectivity index (χ4n) is 1.04. The highest BCUT2D eigenvalue weighted by atomic mass is 32.1. The molecule has 0 N–H and O–H groups in total. The third kappa shape index (κ3) is 3.06. The van der Waals surface area contributed by atoms with Gasteiger partial charge in [0.25, 0.3) is 0 Å². The van der Waals surface area contributed by atoms with Gasteiger partial charge < -0.3 is 14.2 Å². The van der Waals surface area contributed by atoms with E-state index in [1.807, 2.05) is 0 Å². The predicted octanol–water partition coefficient (Wildman–Crippen LogP) is 2.27. The molecule has 15 heavy (non-hydrogen) atoms. The summed E-state index contributed by atoms with van der Waals surface area (Å²) in [6, 6.07) is 5.38. The standard InChI is InChI=1S/C10H12O4S/c1-12-8-5-3-4-7(9(8)15)6-14-10(11)13-2/h3-5,15H,6H2,1-2H3. The normalized spacial score (nSPS) is 9.53. The SMILES string of the molecule is COC(=O)OCc1cccc(OC)c1S. The highest BCUT2D eigenvalue weighted by Gasteiger charge is 2.07. The van der Waals surface area contributed by atoms with Crippen molar-refractivity contribution in [2.45, 2.75) is 11.5 Å². The van der Waals surface area contributed by atoms with E-state index in [0.717, 1.165) is 5.56 Å². The van der Waals surface area contributed by atoms with Crippen molar-refractivity contribution in [3.63, 3.8) is 0 Å². The van der Waals surface area contributed by atoms with Gasteiger partial charge in [0.1, 0.15) is 12.4 Å². The minimum Gasteiger partial charge on any atom is -0.496 e. The van der Waals surface area contributed by atoms with Gasteiger partial charge in [0.2, 0.25) is 0 Å². The zero-order valence-electron chi connectivity index (χ0n) is 8.52. The largest absolute Gasteiger partial charge is 0.508 e. The van der Waals surface area contributed by atoms with Crippen LogP contribution in [0.4, 0.5) is 4.79 Å². The molecule has 0 heterocycles. The maximum absolute atomic E-state index is 10.8. The molecule has 0 aromatic heterocycles. The van der Waals surface area contributed by atoms with E-state index in [0.29, 0.717) is 10.6 Å². The third-order valence-corrected chi connectivity index (χ3v) is 2.32. The molecule has 4 nitrogen and oxygen atoms in total. The smallest absolute Gasteiger partial charge is 0.496 e. The summed E-state index contributed by atoms with van der Waals surface area (Å²) >= 11 is 4.27. The van der Waals surface area contributed by atoms with Gasteiger partial charge in [-0.1, -0.05) is 12.1 Å². The van der Waals surface area contributed by atoms with Crippen molar-refractivity contribution in [2.24, 2.45) is 0 Å². The lowest BCUT2D eigenvalue weighted by molar-refractivity contribution is 0.0662. The summed E-state index contributed by atoms with van der Waals surface area (Å²) in [6.07, 6.45) is -0.717. The van der Waals surface area contributed by atoms with Gasteiger partial charge in [0.15, 0.2) is 0 Å². The lowest BCUT2D eigenvalue weighted by Crippen LogP contribution is -2.04. The van der Waals surface area contributed by atoms with E-state index in [9.17, 15) is 4.79 Å². The van der Waals surface area contributed by atoms with E-state index in [1.54, 1.807) is 25.3 Å². The van der Waals surface area contributed by atoms with Crippen LogP contribution in [0.25, 0.3) is 0 Å². The molecule has 0 aliphatic carbocycles. The van der Waals surface area contributed by atoms with Crippen molar-refractivity contribution in [2.75, 3.05) is 14.2 Å². The highest BCUT2D eigenvalue weighted by Crippen LogP contribution is 2.26. The molecular formula is C10H12O4S. The van der Waals surface area contributed by atoms with Gasteiger partial charge in [0, 0.05) is 5.56 Å². The Kier molecular flexibility index (Phi) is 4.30. The van der Waals surface area contributed by atoms with Gasteiger partial charge in [-0.25, -0.2) is 4.79 Å². The average Bonchev–Trinajstić information content (AvgIpc) is 2.27. The number of hydrogen-bond acceptors (Lipinski definition) is 5. The molecule has 0 aliphatic rings. The van der Waals surface area contributed by atoms with Crippen LogP contribution in [0.3, 0.4) is 0 Å². The van der Waals surface area contributed by atoms with Gasteiger partial charge in [-0.05, 0) is 6.07 Å². The first kappa shape index (κ1) is 11.7. The van der Waals surface area contributed by atoms with Crippen molar-refractivity contribution in [3.05, 3.63) is 23.8 Å². The van der Waals surface area contributed by atoms with Gasteiger partial charge in [-0.2, -0.15) is 0 Å². The first-order valence-corrected chi connectivity index (χ1v) is 4.69. The Morgan fingerprint density at radius 2 is 2.13 bits per heavy atom. The van der Waals surface area contributed by atoms with E-state index >= 15 is 0 Å². The quantitative estimate of drug-likeness (QED) is 0.636. The van der Waals surface area contributed by atoms with Crippen LogP contribution in [0.2, 0.25) is 0 Å². The second kappa shape index (κ2) is 5.50. The summed E-state index contributed by atoms with van der Waals surface area (Å²) in [5.41, 5.74) is 0.767. The van der Waals surface area contributed by atoms with Gasteiger partial charge >= 0.3 is 6.16 Å². The van der Waals surface area contributed by atoms with Crippen molar-refractivity contribution < 1.29 is 19.0 Å². The van der Waals surface area contributed by atoms with E-state index in [1.165, 1.54) is 7.11 Å². The summed E-state index contributed by atoms with van der Waals surface area (Å²) in [7, 11) is 2.81. The van der Waals surface area contributed by atoms with Crippen molar-refractivity contribution in [1.82, 2.24) is 0 Å². The van der Waals surface area contributed by atoms with Gasteiger partial charge in [-0.15, -0.1) is 12.6 Å². The lowest BCUT2D eigenvalue weighted by atomic mass is 10.2. The Balaban J connectivity index is 2.73. The molecular weight excluding hydrogens is 216 g/mol. The molecule has 0 saturated carbocycles. The number of ether oxygens (including phenoxy) is 3. The maximum Gasteiger partial charge on any atom is 0.508 e. The molecule has 0 saturated heterocycles. The minimum atomic E-state index is -0.717. The molecule has 0 fully saturated rings. The van der Waals surface area contributed by atoms with Crippen LogP contribution in [0.15, 0.2) is 23.1 Å². The molecule has 1 aromatic carbocycles. The number of carbonyl (C=O) groups excluding carboxylic acids is 1. The number of hydrogen-bond donors (Lipinski definition) is 1. The Morgan fingerprint density at radius 1 is 1.40 bits per heavy atom. The van der Waals surface area contributed by atoms with Crippen LogP contribution in [0.1, 0.15) is 5.56 Å². The number of carbonyl (C=O) groups is 1. The summed E-state index contributed by atoms with van der Waals surface area (Å²) < 4.78 is 14.2. The van der Waals surface area contributed by atoms with E-state index < -0.39 is 6.16 Å². The number of methoxy groups -OCH3 is 2. The Morgan fingerprint density at radius 3 is 2.73 bits per heavy atom. The van der Waals surface area contributed by atoms with Crippen LogP contribution in [-0.2, 0) is 16.1 Å². The lowest BCUT2D eigenvalue weighted by Gasteiger charge is -2.09. The Labute approximate surface area is 93.5 Å². The first-order valence-electron chi connectivity index (χ1n) is 4.24. The topological polar surface area (TPSA) is 44.8 Å². The molecule has 1 rings (SSSR count). The van der Waals surface area contributed by atoms with Crippen LogP contribution in [-0.4, -0.2) is 20.4 Å². The zero-order chi connectivity index (χ0) is 11.3. The van der Waals surface area contributed by atoms with E-state index in [2.05, 4.69) is 17.4 Å². The van der Waals surface area contributed by atoms with E-state index in [-0.39, 0.29) is 6.61 Å². The van der Waals surface area contributed by atoms with Crippen molar-refractivity contribution >= 4 is 18.8 Å². The zero-order valence-corrected chi connectivity index (χ0v) is 9.41. The van der Waals surface area contributed by atoms with Crippen LogP contribution < -0.4 is 4.74 Å². The minimum absolute atomic E-state index is 0.114. The van der Waals surface area contributed by atoms with Crippen molar-refractivity contribution in [3.8, 4) is 5.75 Å². The molecule has 0 amide bonds. The molecule has 0 bridgehead atoms. The second-order valence-corrected chi connectivity index (χ2v) is 3.16. The maximum atomic E-state index is 10.8. The average molecular weight is 228 g/mol. The molecule has 82 valence electrons. The second-order valence-electron chi connectivity index (χ2n) is 2.71. The fourth-order valence-corrected chi connectivity index (χ4v) is 1.35. The molecule has 0 radical (unpaired) electrons. The molecule has 0 spiro atoms. The van der Waals surface area contributed by atoms with Gasteiger partial charge in [0.05, 0.1) is 19.1 Å². The predicted molar refractivity (Wildman–Crippen MR) is 57.4 cm³/mol. The molecule has 0 atom stereocenters. The molecule has 0 unspecified atom stereocenters. The Bertz CT molecular complexity index is 351. The van der Waals surface area contributed by atoms with Crippen LogP contribution in [0, 0.1) is 0 Å². The Hall–Kier alpha value is -1.36. The first-order chi connectivity index (χ1) is 7.19. The van der Waals surface area contributed by atoms with E-state index in [4.69, 9.17) is 9.47 Å². The molecule has 1 aromatic rings. The van der Waals surface area contributed by atoms with Crippen LogP contribution in [0.5, 0.6) is 5.75 Å². The number of rotatable bonds is 3. The fraction of sp³-hybridized carbons (Fsp3) is 0.300. The van der Waals surface area contributed by atoms with Crippen molar-refractivity contribution in [1.29, 1.82) is 0 Å². The monoisotopic (exact) mass is 228 g/mol. The molecule has 0 aliphatic heterocycles. The molecule has 5 heteroatoms. The summed E-state index contributed by atoms with van der Waals surface area (Å²) in [5.74, 6) is 0.643. The summed E-state index contributed by atoms with van der Waals surface area (Å²) in [4.78, 5) is 11.4. The highest BCUT2D eigenvalue weighted by molar-refractivity contribution is 7.80. The number of benzene rings is 1.